The van der Waals surface area contributed by atoms with Crippen LogP contribution in [0, 0.1) is 0 Å². The van der Waals surface area contributed by atoms with Gasteiger partial charge < -0.3 is 4.74 Å². The van der Waals surface area contributed by atoms with Gasteiger partial charge in [0.2, 0.25) is 0 Å². The largest absolute Gasteiger partial charge is 0.495 e. The summed E-state index contributed by atoms with van der Waals surface area (Å²) in [6.07, 6.45) is 3.26. The number of hydrogen-bond donors (Lipinski definition) is 0. The van der Waals surface area contributed by atoms with E-state index in [1.165, 1.54) is 0 Å². The third-order valence-electron chi connectivity index (χ3n) is 1.74. The first-order valence-electron chi connectivity index (χ1n) is 3.75. The minimum absolute atomic E-state index is 0.551. The molecule has 0 atom stereocenters. The maximum absolute atomic E-state index is 5.91. The first kappa shape index (κ1) is 8.26. The number of fused-ring (bicyclic) bond motifs is 1. The molecule has 3 nitrogen and oxygen atoms in total. The van der Waals surface area contributed by atoms with Crippen LogP contribution in [0.3, 0.4) is 0 Å². The molecule has 0 saturated carbocycles. The minimum Gasteiger partial charge on any atom is -0.495 e. The van der Waals surface area contributed by atoms with Gasteiger partial charge in [0.15, 0.2) is 0 Å². The Bertz CT molecular complexity index is 445. The topological polar surface area (TPSA) is 35.0 Å². The Kier molecular flexibility index (Phi) is 2.02. The van der Waals surface area contributed by atoms with Crippen LogP contribution in [0.1, 0.15) is 0 Å². The van der Waals surface area contributed by atoms with Crippen LogP contribution in [0.15, 0.2) is 24.5 Å². The van der Waals surface area contributed by atoms with Gasteiger partial charge in [-0.1, -0.05) is 11.6 Å². The molecule has 66 valence electrons. The van der Waals surface area contributed by atoms with Crippen LogP contribution >= 0.6 is 11.6 Å². The molecule has 0 fully saturated rings. The van der Waals surface area contributed by atoms with Gasteiger partial charge in [-0.05, 0) is 6.07 Å². The quantitative estimate of drug-likeness (QED) is 0.699. The number of halogens is 1. The van der Waals surface area contributed by atoms with Crippen LogP contribution in [0.25, 0.3) is 11.0 Å². The third kappa shape index (κ3) is 1.42. The number of nitrogens with zero attached hydrogens (tertiary/aromatic N) is 2. The highest BCUT2D eigenvalue weighted by Gasteiger charge is 2.03. The Labute approximate surface area is 80.3 Å². The van der Waals surface area contributed by atoms with Crippen LogP contribution in [0.2, 0.25) is 5.02 Å². The second-order valence-electron chi connectivity index (χ2n) is 2.53. The van der Waals surface area contributed by atoms with E-state index in [2.05, 4.69) is 9.97 Å². The second-order valence-corrected chi connectivity index (χ2v) is 2.94. The highest BCUT2D eigenvalue weighted by Crippen LogP contribution is 2.27. The second kappa shape index (κ2) is 3.18. The van der Waals surface area contributed by atoms with Gasteiger partial charge in [0, 0.05) is 18.5 Å². The molecule has 2 rings (SSSR count). The van der Waals surface area contributed by atoms with Crippen molar-refractivity contribution in [1.29, 1.82) is 0 Å². The average molecular weight is 195 g/mol. The normalized spacial score (nSPS) is 10.3. The van der Waals surface area contributed by atoms with Crippen molar-refractivity contribution in [1.82, 2.24) is 9.97 Å². The van der Waals surface area contributed by atoms with Crippen LogP contribution in [0.5, 0.6) is 5.75 Å². The summed E-state index contributed by atoms with van der Waals surface area (Å²) in [5.74, 6) is 0.620. The van der Waals surface area contributed by atoms with E-state index in [-0.39, 0.29) is 0 Å². The fraction of sp³-hybridized carbons (Fsp3) is 0.111. The number of aromatic nitrogens is 2. The van der Waals surface area contributed by atoms with Crippen molar-refractivity contribution in [2.45, 2.75) is 0 Å². The van der Waals surface area contributed by atoms with Gasteiger partial charge in [0.05, 0.1) is 23.2 Å². The molecule has 13 heavy (non-hydrogen) atoms. The number of benzene rings is 1. The molecule has 1 heterocycles. The summed E-state index contributed by atoms with van der Waals surface area (Å²) in [6, 6.07) is 3.51. The van der Waals surface area contributed by atoms with E-state index in [1.807, 2.05) is 0 Å². The summed E-state index contributed by atoms with van der Waals surface area (Å²) in [5, 5.41) is 0.551. The Morgan fingerprint density at radius 1 is 1.15 bits per heavy atom. The summed E-state index contributed by atoms with van der Waals surface area (Å²) in [7, 11) is 1.57. The van der Waals surface area contributed by atoms with E-state index in [0.29, 0.717) is 10.8 Å². The van der Waals surface area contributed by atoms with Crippen molar-refractivity contribution in [2.24, 2.45) is 0 Å². The molecule has 1 aromatic carbocycles. The molecule has 0 amide bonds. The first-order chi connectivity index (χ1) is 6.31. The van der Waals surface area contributed by atoms with Crippen molar-refractivity contribution in [3.63, 3.8) is 0 Å². The molecular weight excluding hydrogens is 188 g/mol. The molecule has 1 aromatic heterocycles. The van der Waals surface area contributed by atoms with Crippen molar-refractivity contribution in [3.05, 3.63) is 29.5 Å². The Morgan fingerprint density at radius 2 is 1.77 bits per heavy atom. The van der Waals surface area contributed by atoms with E-state index in [4.69, 9.17) is 16.3 Å². The van der Waals surface area contributed by atoms with Crippen LogP contribution < -0.4 is 4.74 Å². The van der Waals surface area contributed by atoms with Gasteiger partial charge in [0.1, 0.15) is 5.75 Å². The van der Waals surface area contributed by atoms with Crippen molar-refractivity contribution in [3.8, 4) is 5.75 Å². The maximum Gasteiger partial charge on any atom is 0.139 e. The van der Waals surface area contributed by atoms with Gasteiger partial charge in [-0.25, -0.2) is 0 Å². The zero-order chi connectivity index (χ0) is 9.26. The molecule has 0 bridgehead atoms. The van der Waals surface area contributed by atoms with E-state index in [9.17, 15) is 0 Å². The fourth-order valence-electron chi connectivity index (χ4n) is 1.12. The van der Waals surface area contributed by atoms with Crippen molar-refractivity contribution in [2.75, 3.05) is 7.11 Å². The molecule has 0 saturated heterocycles. The summed E-state index contributed by atoms with van der Waals surface area (Å²) >= 11 is 5.91. The highest BCUT2D eigenvalue weighted by molar-refractivity contribution is 6.32. The Hall–Kier alpha value is -1.35. The standard InChI is InChI=1S/C9H7ClN2O/c1-13-9-5-8-7(4-6(9)10)11-2-3-12-8/h2-5H,1H3. The van der Waals surface area contributed by atoms with E-state index < -0.39 is 0 Å². The lowest BCUT2D eigenvalue weighted by atomic mass is 10.3. The van der Waals surface area contributed by atoms with E-state index in [1.54, 1.807) is 31.6 Å². The lowest BCUT2D eigenvalue weighted by Gasteiger charge is -2.03. The van der Waals surface area contributed by atoms with Crippen molar-refractivity contribution >= 4 is 22.6 Å². The summed E-state index contributed by atoms with van der Waals surface area (Å²) in [6.45, 7) is 0. The van der Waals surface area contributed by atoms with Gasteiger partial charge in [-0.3, -0.25) is 9.97 Å². The molecule has 0 N–H and O–H groups in total. The molecular formula is C9H7ClN2O. The summed E-state index contributed by atoms with van der Waals surface area (Å²) in [5.41, 5.74) is 1.55. The van der Waals surface area contributed by atoms with Gasteiger partial charge >= 0.3 is 0 Å². The molecule has 0 aliphatic rings. The van der Waals surface area contributed by atoms with Gasteiger partial charge in [-0.15, -0.1) is 0 Å². The molecule has 0 spiro atoms. The summed E-state index contributed by atoms with van der Waals surface area (Å²) in [4.78, 5) is 8.24. The molecule has 2 aromatic rings. The predicted molar refractivity (Wildman–Crippen MR) is 51.1 cm³/mol. The summed E-state index contributed by atoms with van der Waals surface area (Å²) < 4.78 is 5.05. The number of rotatable bonds is 1. The van der Waals surface area contributed by atoms with Gasteiger partial charge in [-0.2, -0.15) is 0 Å². The maximum atomic E-state index is 5.91. The predicted octanol–water partition coefficient (Wildman–Crippen LogP) is 2.29. The third-order valence-corrected chi connectivity index (χ3v) is 2.04. The molecule has 0 aliphatic carbocycles. The zero-order valence-electron chi connectivity index (χ0n) is 6.99. The lowest BCUT2D eigenvalue weighted by Crippen LogP contribution is -1.87. The van der Waals surface area contributed by atoms with Crippen LogP contribution in [-0.4, -0.2) is 17.1 Å². The van der Waals surface area contributed by atoms with E-state index in [0.717, 1.165) is 11.0 Å². The van der Waals surface area contributed by atoms with Crippen LogP contribution in [0.4, 0.5) is 0 Å². The number of hydrogen-bond acceptors (Lipinski definition) is 3. The van der Waals surface area contributed by atoms with E-state index >= 15 is 0 Å². The zero-order valence-corrected chi connectivity index (χ0v) is 7.75. The Balaban J connectivity index is 2.74. The smallest absolute Gasteiger partial charge is 0.139 e. The average Bonchev–Trinajstić information content (AvgIpc) is 2.17. The molecule has 4 heteroatoms. The minimum atomic E-state index is 0.551. The number of methoxy groups -OCH3 is 1. The fourth-order valence-corrected chi connectivity index (χ4v) is 1.36. The Morgan fingerprint density at radius 3 is 2.38 bits per heavy atom. The lowest BCUT2D eigenvalue weighted by molar-refractivity contribution is 0.415. The van der Waals surface area contributed by atoms with Crippen molar-refractivity contribution < 1.29 is 4.74 Å². The SMILES string of the molecule is COc1cc2nccnc2cc1Cl. The molecule has 0 radical (unpaired) electrons. The monoisotopic (exact) mass is 194 g/mol. The number of ether oxygens (including phenoxy) is 1. The molecule has 0 unspecified atom stereocenters. The van der Waals surface area contributed by atoms with Crippen LogP contribution in [-0.2, 0) is 0 Å². The highest BCUT2D eigenvalue weighted by atomic mass is 35.5. The first-order valence-corrected chi connectivity index (χ1v) is 4.13. The molecule has 0 aliphatic heterocycles. The van der Waals surface area contributed by atoms with Gasteiger partial charge in [0.25, 0.3) is 0 Å².